The van der Waals surface area contributed by atoms with Crippen molar-refractivity contribution in [1.29, 1.82) is 0 Å². The summed E-state index contributed by atoms with van der Waals surface area (Å²) in [6.45, 7) is 0. The summed E-state index contributed by atoms with van der Waals surface area (Å²) in [6.07, 6.45) is 24.2. The second-order valence-electron chi connectivity index (χ2n) is 14.3. The number of hydrogen-bond donors (Lipinski definition) is 0. The van der Waals surface area contributed by atoms with Gasteiger partial charge in [0, 0.05) is 0 Å². The summed E-state index contributed by atoms with van der Waals surface area (Å²) >= 11 is 0. The second kappa shape index (κ2) is 20.2. The van der Waals surface area contributed by atoms with Crippen molar-refractivity contribution in [3.63, 3.8) is 0 Å². The fourth-order valence-corrected chi connectivity index (χ4v) is 8.29. The van der Waals surface area contributed by atoms with Crippen LogP contribution in [0.5, 0.6) is 0 Å². The van der Waals surface area contributed by atoms with Gasteiger partial charge in [0.2, 0.25) is 0 Å². The zero-order chi connectivity index (χ0) is 31.5. The molecule has 0 aliphatic heterocycles. The fraction of sp³-hybridized carbons (Fsp3) is 0.478. The molecule has 0 heteroatoms. The van der Waals surface area contributed by atoms with Gasteiger partial charge >= 0.3 is 0 Å². The Hall–Kier alpha value is -3.12. The molecule has 4 unspecified atom stereocenters. The van der Waals surface area contributed by atoms with Crippen LogP contribution in [0.3, 0.4) is 0 Å². The van der Waals surface area contributed by atoms with Crippen molar-refractivity contribution >= 4 is 0 Å². The summed E-state index contributed by atoms with van der Waals surface area (Å²) in [5.74, 6) is 2.82. The van der Waals surface area contributed by atoms with Crippen molar-refractivity contribution in [2.75, 3.05) is 0 Å². The molecule has 1 fully saturated rings. The molecule has 0 N–H and O–H groups in total. The Morgan fingerprint density at radius 3 is 0.587 bits per heavy atom. The molecule has 46 heavy (non-hydrogen) atoms. The van der Waals surface area contributed by atoms with E-state index in [-0.39, 0.29) is 0 Å². The molecule has 1 saturated carbocycles. The molecule has 0 saturated heterocycles. The summed E-state index contributed by atoms with van der Waals surface area (Å²) in [5.41, 5.74) is 6.25. The Morgan fingerprint density at radius 1 is 0.217 bits per heavy atom. The van der Waals surface area contributed by atoms with Crippen molar-refractivity contribution in [1.82, 2.24) is 0 Å². The van der Waals surface area contributed by atoms with Crippen LogP contribution >= 0.6 is 0 Å². The van der Waals surface area contributed by atoms with E-state index in [1.54, 1.807) is 22.3 Å². The zero-order valence-electron chi connectivity index (χ0n) is 28.6. The van der Waals surface area contributed by atoms with Crippen LogP contribution in [0.25, 0.3) is 0 Å². The first-order valence-electron chi connectivity index (χ1n) is 19.1. The predicted molar refractivity (Wildman–Crippen MR) is 200 cm³/mol. The van der Waals surface area contributed by atoms with Gasteiger partial charge in [-0.05, 0) is 97.3 Å². The molecule has 0 radical (unpaired) electrons. The Kier molecular flexibility index (Phi) is 15.0. The lowest BCUT2D eigenvalue weighted by Gasteiger charge is -2.22. The standard InChI is InChI=1S/C46H60/c1-7-23-39(24-8-1)43-31-15-5-16-32-45(41-27-11-3-12-28-41)37-21-22-38-46(42-29-13-4-14-30-42)34-18-6-17-33-44(36-20-19-35-43)40-25-9-2-10-26-40/h1-4,7-14,23-30,43-46H,5-6,15-22,31-38H2. The molecule has 1 aliphatic rings. The van der Waals surface area contributed by atoms with Crippen molar-refractivity contribution < 1.29 is 0 Å². The van der Waals surface area contributed by atoms with Crippen LogP contribution in [-0.2, 0) is 0 Å². The topological polar surface area (TPSA) is 0 Å². The Balaban J connectivity index is 1.25. The van der Waals surface area contributed by atoms with Gasteiger partial charge < -0.3 is 0 Å². The first kappa shape index (κ1) is 34.2. The molecule has 1 aliphatic carbocycles. The monoisotopic (exact) mass is 612 g/mol. The maximum atomic E-state index is 2.38. The van der Waals surface area contributed by atoms with Crippen LogP contribution in [0.4, 0.5) is 0 Å². The molecule has 0 amide bonds. The molecular weight excluding hydrogens is 553 g/mol. The molecule has 4 aromatic carbocycles. The summed E-state index contributed by atoms with van der Waals surface area (Å²) in [4.78, 5) is 0. The van der Waals surface area contributed by atoms with Crippen LogP contribution in [-0.4, -0.2) is 0 Å². The highest BCUT2D eigenvalue weighted by molar-refractivity contribution is 5.22. The lowest BCUT2D eigenvalue weighted by Crippen LogP contribution is -2.04. The maximum absolute atomic E-state index is 2.38. The Bertz CT molecular complexity index is 1090. The van der Waals surface area contributed by atoms with Gasteiger partial charge in [-0.15, -0.1) is 0 Å². The zero-order valence-corrected chi connectivity index (χ0v) is 28.6. The maximum Gasteiger partial charge on any atom is -0.0162 e. The summed E-state index contributed by atoms with van der Waals surface area (Å²) in [7, 11) is 0. The van der Waals surface area contributed by atoms with Gasteiger partial charge in [-0.2, -0.15) is 0 Å². The minimum absolute atomic E-state index is 0.705. The Labute approximate surface area is 282 Å². The van der Waals surface area contributed by atoms with E-state index in [1.165, 1.54) is 116 Å². The molecule has 244 valence electrons. The lowest BCUT2D eigenvalue weighted by atomic mass is 9.83. The third-order valence-corrected chi connectivity index (χ3v) is 11.0. The average molecular weight is 613 g/mol. The first-order chi connectivity index (χ1) is 22.9. The van der Waals surface area contributed by atoms with Gasteiger partial charge in [0.15, 0.2) is 0 Å². The molecule has 0 heterocycles. The van der Waals surface area contributed by atoms with Crippen LogP contribution in [0.15, 0.2) is 121 Å². The summed E-state index contributed by atoms with van der Waals surface area (Å²) in [6, 6.07) is 45.7. The van der Waals surface area contributed by atoms with Gasteiger partial charge in [0.25, 0.3) is 0 Å². The van der Waals surface area contributed by atoms with Gasteiger partial charge in [-0.25, -0.2) is 0 Å². The SMILES string of the molecule is c1ccc(C2CCCCCC(c3ccccc3)CCCCC(c3ccccc3)CCCCCC(c3ccccc3)CCCC2)cc1. The van der Waals surface area contributed by atoms with Gasteiger partial charge in [0.1, 0.15) is 0 Å². The highest BCUT2D eigenvalue weighted by Gasteiger charge is 2.17. The van der Waals surface area contributed by atoms with E-state index in [4.69, 9.17) is 0 Å². The molecule has 0 nitrogen and oxygen atoms in total. The Morgan fingerprint density at radius 2 is 0.391 bits per heavy atom. The lowest BCUT2D eigenvalue weighted by molar-refractivity contribution is 0.439. The van der Waals surface area contributed by atoms with Gasteiger partial charge in [-0.3, -0.25) is 0 Å². The molecule has 4 atom stereocenters. The second-order valence-corrected chi connectivity index (χ2v) is 14.3. The average Bonchev–Trinajstić information content (AvgIpc) is 3.12. The molecule has 4 aromatic rings. The summed E-state index contributed by atoms with van der Waals surface area (Å²) in [5, 5.41) is 0. The van der Waals surface area contributed by atoms with Crippen molar-refractivity contribution in [2.24, 2.45) is 0 Å². The fourth-order valence-electron chi connectivity index (χ4n) is 8.29. The molecule has 0 spiro atoms. The third-order valence-electron chi connectivity index (χ3n) is 11.0. The predicted octanol–water partition coefficient (Wildman–Crippen LogP) is 14.2. The molecule has 0 aromatic heterocycles. The quantitative estimate of drug-likeness (QED) is 0.215. The van der Waals surface area contributed by atoms with E-state index in [0.29, 0.717) is 23.7 Å². The normalized spacial score (nSPS) is 23.8. The minimum Gasteiger partial charge on any atom is -0.0622 e. The number of hydrogen-bond acceptors (Lipinski definition) is 0. The van der Waals surface area contributed by atoms with Crippen molar-refractivity contribution in [3.05, 3.63) is 144 Å². The largest absolute Gasteiger partial charge is 0.0622 e. The number of benzene rings is 4. The van der Waals surface area contributed by atoms with Gasteiger partial charge in [-0.1, -0.05) is 186 Å². The van der Waals surface area contributed by atoms with Gasteiger partial charge in [0.05, 0.1) is 0 Å². The van der Waals surface area contributed by atoms with E-state index in [9.17, 15) is 0 Å². The minimum atomic E-state index is 0.705. The summed E-state index contributed by atoms with van der Waals surface area (Å²) < 4.78 is 0. The van der Waals surface area contributed by atoms with Crippen molar-refractivity contribution in [3.8, 4) is 0 Å². The number of rotatable bonds is 4. The highest BCUT2D eigenvalue weighted by Crippen LogP contribution is 2.35. The smallest absolute Gasteiger partial charge is 0.0162 e. The molecule has 5 rings (SSSR count). The van der Waals surface area contributed by atoms with E-state index < -0.39 is 0 Å². The van der Waals surface area contributed by atoms with Crippen LogP contribution in [0.1, 0.15) is 162 Å². The van der Waals surface area contributed by atoms with E-state index >= 15 is 0 Å². The van der Waals surface area contributed by atoms with Crippen LogP contribution in [0.2, 0.25) is 0 Å². The highest BCUT2D eigenvalue weighted by atomic mass is 14.2. The van der Waals surface area contributed by atoms with Crippen LogP contribution < -0.4 is 0 Å². The third kappa shape index (κ3) is 11.6. The molecular formula is C46H60. The van der Waals surface area contributed by atoms with E-state index in [1.807, 2.05) is 0 Å². The molecule has 0 bridgehead atoms. The van der Waals surface area contributed by atoms with E-state index in [2.05, 4.69) is 121 Å². The van der Waals surface area contributed by atoms with Crippen molar-refractivity contribution in [2.45, 2.75) is 139 Å². The van der Waals surface area contributed by atoms with Crippen LogP contribution in [0, 0.1) is 0 Å². The first-order valence-corrected chi connectivity index (χ1v) is 19.1. The van der Waals surface area contributed by atoms with E-state index in [0.717, 1.165) is 0 Å².